The largest absolute Gasteiger partial charge is 0.546 e. The second-order valence-electron chi connectivity index (χ2n) is 11.2. The summed E-state index contributed by atoms with van der Waals surface area (Å²) in [5, 5.41) is 0.485. The van der Waals surface area contributed by atoms with Crippen molar-refractivity contribution < 1.29 is 28.2 Å². The number of rotatable bonds is 7. The summed E-state index contributed by atoms with van der Waals surface area (Å²) >= 11 is 6.09. The molecule has 0 radical (unpaired) electrons. The third-order valence-corrected chi connectivity index (χ3v) is 12.0. The van der Waals surface area contributed by atoms with Gasteiger partial charge in [0.1, 0.15) is 6.61 Å². The summed E-state index contributed by atoms with van der Waals surface area (Å²) < 4.78 is 23.3. The summed E-state index contributed by atoms with van der Waals surface area (Å²) in [5.41, 5.74) is -1.06. The van der Waals surface area contributed by atoms with Crippen LogP contribution in [0.4, 0.5) is 0 Å². The molecule has 1 saturated carbocycles. The van der Waals surface area contributed by atoms with E-state index in [2.05, 4.69) is 40.4 Å². The van der Waals surface area contributed by atoms with Crippen molar-refractivity contribution in [3.63, 3.8) is 0 Å². The molecule has 0 amide bonds. The average Bonchev–Trinajstić information content (AvgIpc) is 3.32. The van der Waals surface area contributed by atoms with E-state index in [1.807, 2.05) is 26.0 Å². The van der Waals surface area contributed by atoms with Gasteiger partial charge in [-0.05, 0) is 35.8 Å². The zero-order valence-electron chi connectivity index (χ0n) is 20.8. The van der Waals surface area contributed by atoms with Crippen LogP contribution in [0, 0.1) is 10.8 Å². The minimum absolute atomic E-state index is 0.106. The zero-order valence-corrected chi connectivity index (χ0v) is 22.5. The number of carbonyl (C=O) groups is 2. The molecule has 1 aliphatic carbocycles. The number of cyclic esters (lactones) is 1. The summed E-state index contributed by atoms with van der Waals surface area (Å²) in [6.07, 6.45) is -1.56. The number of benzene rings is 1. The summed E-state index contributed by atoms with van der Waals surface area (Å²) in [7, 11) is -0.776. The summed E-state index contributed by atoms with van der Waals surface area (Å²) in [5.74, 6) is -1.20. The van der Waals surface area contributed by atoms with Gasteiger partial charge in [-0.25, -0.2) is 4.79 Å². The van der Waals surface area contributed by atoms with Crippen LogP contribution in [-0.4, -0.2) is 46.2 Å². The lowest BCUT2D eigenvalue weighted by Crippen LogP contribution is -2.44. The molecular formula is C25H35ClO6Si. The van der Waals surface area contributed by atoms with Gasteiger partial charge < -0.3 is 18.6 Å². The van der Waals surface area contributed by atoms with E-state index in [4.69, 9.17) is 30.2 Å². The molecule has 4 atom stereocenters. The van der Waals surface area contributed by atoms with E-state index in [1.165, 1.54) is 0 Å². The fraction of sp³-hybridized carbons (Fsp3) is 0.600. The maximum Gasteiger partial charge on any atom is 0.348 e. The van der Waals surface area contributed by atoms with Gasteiger partial charge in [-0.2, -0.15) is 0 Å². The Morgan fingerprint density at radius 1 is 1.21 bits per heavy atom. The van der Waals surface area contributed by atoms with Crippen LogP contribution < -0.4 is 0 Å². The van der Waals surface area contributed by atoms with Gasteiger partial charge in [-0.1, -0.05) is 64.9 Å². The molecule has 1 aliphatic heterocycles. The van der Waals surface area contributed by atoms with Gasteiger partial charge in [-0.15, -0.1) is 0 Å². The minimum Gasteiger partial charge on any atom is -0.546 e. The number of carbonyl (C=O) groups excluding carboxylic acids is 2. The van der Waals surface area contributed by atoms with Crippen molar-refractivity contribution in [2.24, 2.45) is 10.8 Å². The van der Waals surface area contributed by atoms with Crippen molar-refractivity contribution >= 4 is 31.9 Å². The van der Waals surface area contributed by atoms with E-state index in [0.717, 1.165) is 5.56 Å². The molecule has 0 N–H and O–H groups in total. The smallest absolute Gasteiger partial charge is 0.348 e. The Balaban J connectivity index is 2.03. The van der Waals surface area contributed by atoms with Crippen LogP contribution in [-0.2, 0) is 28.2 Å². The molecule has 1 aromatic carbocycles. The Hall–Kier alpha value is -1.83. The first-order valence-corrected chi connectivity index (χ1v) is 14.4. The summed E-state index contributed by atoms with van der Waals surface area (Å²) in [6.45, 7) is 18.6. The molecule has 2 fully saturated rings. The van der Waals surface area contributed by atoms with Gasteiger partial charge in [0.15, 0.2) is 5.41 Å². The lowest BCUT2D eigenvalue weighted by molar-refractivity contribution is -0.168. The minimum atomic E-state index is -2.33. The van der Waals surface area contributed by atoms with E-state index in [1.54, 1.807) is 19.2 Å². The normalized spacial score (nSPS) is 28.8. The van der Waals surface area contributed by atoms with E-state index >= 15 is 0 Å². The third kappa shape index (κ3) is 4.35. The zero-order chi connectivity index (χ0) is 25.0. The fourth-order valence-corrected chi connectivity index (χ4v) is 5.38. The van der Waals surface area contributed by atoms with E-state index in [9.17, 15) is 9.59 Å². The lowest BCUT2D eigenvalue weighted by atomic mass is 9.89. The highest BCUT2D eigenvalue weighted by Crippen LogP contribution is 2.66. The predicted octanol–water partition coefficient (Wildman–Crippen LogP) is 5.47. The first-order valence-electron chi connectivity index (χ1n) is 11.1. The number of methoxy groups -OCH3 is 1. The highest BCUT2D eigenvalue weighted by Gasteiger charge is 2.76. The van der Waals surface area contributed by atoms with Gasteiger partial charge >= 0.3 is 11.9 Å². The van der Waals surface area contributed by atoms with Gasteiger partial charge in [-0.3, -0.25) is 4.79 Å². The van der Waals surface area contributed by atoms with Crippen LogP contribution in [0.3, 0.4) is 0 Å². The number of esters is 2. The SMILES string of the molecule is C=C(O[Si](C)(C)C(C)(C)C)[C@]1(C(=O)O[C@H]2C(=O)OCC2(C)C)[C@H](c2ccc(Cl)cc2)[C@@H]1OC. The second kappa shape index (κ2) is 8.43. The highest BCUT2D eigenvalue weighted by molar-refractivity contribution is 6.74. The van der Waals surface area contributed by atoms with Crippen LogP contribution in [0.2, 0.25) is 23.2 Å². The fourth-order valence-electron chi connectivity index (χ4n) is 4.16. The van der Waals surface area contributed by atoms with Crippen molar-refractivity contribution in [3.8, 4) is 0 Å². The Kier molecular flexibility index (Phi) is 6.59. The summed E-state index contributed by atoms with van der Waals surface area (Å²) in [6, 6.07) is 7.27. The molecule has 182 valence electrons. The lowest BCUT2D eigenvalue weighted by Gasteiger charge is -2.39. The number of halogens is 1. The highest BCUT2D eigenvalue weighted by atomic mass is 35.5. The summed E-state index contributed by atoms with van der Waals surface area (Å²) in [4.78, 5) is 26.2. The van der Waals surface area contributed by atoms with Crippen molar-refractivity contribution in [3.05, 3.63) is 47.2 Å². The van der Waals surface area contributed by atoms with Crippen molar-refractivity contribution in [2.75, 3.05) is 13.7 Å². The third-order valence-electron chi connectivity index (χ3n) is 7.33. The monoisotopic (exact) mass is 494 g/mol. The van der Waals surface area contributed by atoms with E-state index < -0.39 is 43.3 Å². The molecular weight excluding hydrogens is 460 g/mol. The molecule has 0 bridgehead atoms. The maximum absolute atomic E-state index is 13.9. The van der Waals surface area contributed by atoms with Crippen LogP contribution >= 0.6 is 11.6 Å². The molecule has 8 heteroatoms. The van der Waals surface area contributed by atoms with Crippen LogP contribution in [0.5, 0.6) is 0 Å². The van der Waals surface area contributed by atoms with Crippen LogP contribution in [0.25, 0.3) is 0 Å². The first-order chi connectivity index (χ1) is 15.1. The van der Waals surface area contributed by atoms with Gasteiger partial charge in [0, 0.05) is 23.5 Å². The number of hydrogen-bond donors (Lipinski definition) is 0. The molecule has 1 aromatic rings. The van der Waals surface area contributed by atoms with Crippen LogP contribution in [0.1, 0.15) is 46.1 Å². The van der Waals surface area contributed by atoms with Crippen molar-refractivity contribution in [1.29, 1.82) is 0 Å². The molecule has 3 rings (SSSR count). The molecule has 0 aromatic heterocycles. The number of ether oxygens (including phenoxy) is 3. The molecule has 1 saturated heterocycles. The van der Waals surface area contributed by atoms with Crippen molar-refractivity contribution in [2.45, 2.75) is 70.9 Å². The molecule has 1 heterocycles. The quantitative estimate of drug-likeness (QED) is 0.284. The topological polar surface area (TPSA) is 71.1 Å². The standard InChI is InChI=1S/C25H35ClO6Si/c1-15(32-33(8,9)23(2,3)4)25(22(28)31-20-21(27)30-14-24(20,5)6)18(19(25)29-7)16-10-12-17(26)13-11-16/h10-13,18-20H,1,14H2,2-9H3/t18-,19+,20+,25+/m1/s1. The molecule has 33 heavy (non-hydrogen) atoms. The number of hydrogen-bond acceptors (Lipinski definition) is 6. The Morgan fingerprint density at radius 3 is 2.24 bits per heavy atom. The molecule has 6 nitrogen and oxygen atoms in total. The van der Waals surface area contributed by atoms with Gasteiger partial charge in [0.25, 0.3) is 0 Å². The average molecular weight is 495 g/mol. The Labute approximate surface area is 202 Å². The van der Waals surface area contributed by atoms with E-state index in [-0.39, 0.29) is 17.6 Å². The van der Waals surface area contributed by atoms with Gasteiger partial charge in [0.05, 0.1) is 11.9 Å². The Bertz CT molecular complexity index is 949. The van der Waals surface area contributed by atoms with E-state index in [0.29, 0.717) is 10.8 Å². The molecule has 2 aliphatic rings. The maximum atomic E-state index is 13.9. The first kappa shape index (κ1) is 25.8. The molecule has 0 spiro atoms. The van der Waals surface area contributed by atoms with Gasteiger partial charge in [0.2, 0.25) is 14.4 Å². The van der Waals surface area contributed by atoms with Crippen LogP contribution in [0.15, 0.2) is 36.6 Å². The molecule has 0 unspecified atom stereocenters. The second-order valence-corrected chi connectivity index (χ2v) is 16.4. The predicted molar refractivity (Wildman–Crippen MR) is 129 cm³/mol. The van der Waals surface area contributed by atoms with Crippen molar-refractivity contribution in [1.82, 2.24) is 0 Å². The Morgan fingerprint density at radius 2 is 1.79 bits per heavy atom.